The van der Waals surface area contributed by atoms with Crippen LogP contribution in [-0.2, 0) is 6.54 Å². The number of halogens is 2. The third-order valence-corrected chi connectivity index (χ3v) is 4.02. The zero-order chi connectivity index (χ0) is 11.5. The molecule has 1 aromatic carbocycles. The molecule has 0 unspecified atom stereocenters. The monoisotopic (exact) mass is 285 g/mol. The molecular weight excluding hydrogens is 269 g/mol. The van der Waals surface area contributed by atoms with Gasteiger partial charge in [0, 0.05) is 16.6 Å². The molecule has 1 fully saturated rings. The summed E-state index contributed by atoms with van der Waals surface area (Å²) in [5, 5.41) is 0. The average molecular weight is 286 g/mol. The molecule has 1 heterocycles. The van der Waals surface area contributed by atoms with Crippen LogP contribution in [0, 0.1) is 12.7 Å². The second-order valence-electron chi connectivity index (χ2n) is 4.53. The molecule has 88 valence electrons. The highest BCUT2D eigenvalue weighted by Crippen LogP contribution is 2.22. The summed E-state index contributed by atoms with van der Waals surface area (Å²) in [6.07, 6.45) is 3.81. The van der Waals surface area contributed by atoms with Crippen LogP contribution in [0.3, 0.4) is 0 Å². The Balaban J connectivity index is 2.11. The Hall–Kier alpha value is -0.410. The molecule has 1 aliphatic rings. The van der Waals surface area contributed by atoms with Gasteiger partial charge in [-0.15, -0.1) is 0 Å². The van der Waals surface area contributed by atoms with Crippen LogP contribution in [-0.4, -0.2) is 18.0 Å². The molecule has 0 atom stereocenters. The summed E-state index contributed by atoms with van der Waals surface area (Å²) in [4.78, 5) is 2.34. The predicted molar refractivity (Wildman–Crippen MR) is 68.0 cm³/mol. The minimum Gasteiger partial charge on any atom is -0.299 e. The van der Waals surface area contributed by atoms with Crippen LogP contribution in [0.5, 0.6) is 0 Å². The number of hydrogen-bond acceptors (Lipinski definition) is 1. The van der Waals surface area contributed by atoms with Gasteiger partial charge in [0.2, 0.25) is 0 Å². The molecule has 1 aromatic rings. The first kappa shape index (κ1) is 12.1. The van der Waals surface area contributed by atoms with Gasteiger partial charge in [-0.05, 0) is 44.5 Å². The molecule has 0 amide bonds. The highest BCUT2D eigenvalue weighted by molar-refractivity contribution is 9.10. The van der Waals surface area contributed by atoms with E-state index in [2.05, 4.69) is 20.8 Å². The van der Waals surface area contributed by atoms with Gasteiger partial charge in [0.1, 0.15) is 5.82 Å². The van der Waals surface area contributed by atoms with Crippen molar-refractivity contribution in [3.63, 3.8) is 0 Å². The normalized spacial score (nSPS) is 17.7. The number of likely N-dealkylation sites (tertiary alicyclic amines) is 1. The Morgan fingerprint density at radius 2 is 1.94 bits per heavy atom. The van der Waals surface area contributed by atoms with E-state index in [1.807, 2.05) is 13.0 Å². The molecule has 2 rings (SSSR count). The van der Waals surface area contributed by atoms with Crippen molar-refractivity contribution in [2.45, 2.75) is 32.7 Å². The summed E-state index contributed by atoms with van der Waals surface area (Å²) in [5.41, 5.74) is 1.93. The lowest BCUT2D eigenvalue weighted by Gasteiger charge is -2.26. The van der Waals surface area contributed by atoms with E-state index in [4.69, 9.17) is 0 Å². The number of piperidine rings is 1. The number of rotatable bonds is 2. The molecule has 1 aliphatic heterocycles. The summed E-state index contributed by atoms with van der Waals surface area (Å²) in [7, 11) is 0. The molecule has 0 radical (unpaired) electrons. The zero-order valence-electron chi connectivity index (χ0n) is 9.60. The molecule has 0 aromatic heterocycles. The maximum absolute atomic E-state index is 13.7. The Bertz CT molecular complexity index is 372. The molecule has 0 N–H and O–H groups in total. The van der Waals surface area contributed by atoms with E-state index in [0.717, 1.165) is 35.2 Å². The first-order chi connectivity index (χ1) is 7.66. The average Bonchev–Trinajstić information content (AvgIpc) is 2.27. The van der Waals surface area contributed by atoms with Crippen LogP contribution in [0.1, 0.15) is 30.4 Å². The highest BCUT2D eigenvalue weighted by atomic mass is 79.9. The lowest BCUT2D eigenvalue weighted by molar-refractivity contribution is 0.218. The fraction of sp³-hybridized carbons (Fsp3) is 0.538. The Morgan fingerprint density at radius 3 is 2.62 bits per heavy atom. The van der Waals surface area contributed by atoms with Crippen LogP contribution in [0.2, 0.25) is 0 Å². The minimum atomic E-state index is -0.0944. The van der Waals surface area contributed by atoms with Gasteiger partial charge in [-0.1, -0.05) is 28.4 Å². The van der Waals surface area contributed by atoms with E-state index < -0.39 is 0 Å². The number of aryl methyl sites for hydroxylation is 1. The molecule has 16 heavy (non-hydrogen) atoms. The van der Waals surface area contributed by atoms with E-state index >= 15 is 0 Å². The molecule has 1 saturated heterocycles. The number of nitrogens with zero attached hydrogens (tertiary/aromatic N) is 1. The summed E-state index contributed by atoms with van der Waals surface area (Å²) < 4.78 is 14.6. The molecule has 0 bridgehead atoms. The standard InChI is InChI=1S/C13H17BrFN/c1-10-7-11(13(15)8-12(10)14)9-16-5-3-2-4-6-16/h7-8H,2-6,9H2,1H3. The van der Waals surface area contributed by atoms with E-state index in [1.54, 1.807) is 6.07 Å². The van der Waals surface area contributed by atoms with Crippen LogP contribution in [0.15, 0.2) is 16.6 Å². The molecule has 3 heteroatoms. The summed E-state index contributed by atoms with van der Waals surface area (Å²) in [5.74, 6) is -0.0944. The lowest BCUT2D eigenvalue weighted by atomic mass is 10.1. The molecule has 0 spiro atoms. The maximum atomic E-state index is 13.7. The van der Waals surface area contributed by atoms with Crippen molar-refractivity contribution in [2.24, 2.45) is 0 Å². The van der Waals surface area contributed by atoms with Crippen molar-refractivity contribution >= 4 is 15.9 Å². The lowest BCUT2D eigenvalue weighted by Crippen LogP contribution is -2.29. The second kappa shape index (κ2) is 5.28. The molecule has 0 aliphatic carbocycles. The van der Waals surface area contributed by atoms with Crippen molar-refractivity contribution in [3.8, 4) is 0 Å². The summed E-state index contributed by atoms with van der Waals surface area (Å²) >= 11 is 3.35. The van der Waals surface area contributed by atoms with E-state index in [9.17, 15) is 4.39 Å². The van der Waals surface area contributed by atoms with Crippen molar-refractivity contribution in [3.05, 3.63) is 33.5 Å². The largest absolute Gasteiger partial charge is 0.299 e. The fourth-order valence-corrected chi connectivity index (χ4v) is 2.51. The van der Waals surface area contributed by atoms with Gasteiger partial charge >= 0.3 is 0 Å². The molecule has 1 nitrogen and oxygen atoms in total. The first-order valence-corrected chi connectivity index (χ1v) is 6.63. The van der Waals surface area contributed by atoms with Gasteiger partial charge in [0.25, 0.3) is 0 Å². The first-order valence-electron chi connectivity index (χ1n) is 5.83. The predicted octanol–water partition coefficient (Wildman–Crippen LogP) is 3.88. The van der Waals surface area contributed by atoms with Gasteiger partial charge in [-0.25, -0.2) is 4.39 Å². The van der Waals surface area contributed by atoms with Crippen molar-refractivity contribution in [2.75, 3.05) is 13.1 Å². The highest BCUT2D eigenvalue weighted by Gasteiger charge is 2.13. The van der Waals surface area contributed by atoms with E-state index in [-0.39, 0.29) is 5.82 Å². The zero-order valence-corrected chi connectivity index (χ0v) is 11.2. The molecule has 0 saturated carbocycles. The van der Waals surface area contributed by atoms with Crippen LogP contribution < -0.4 is 0 Å². The topological polar surface area (TPSA) is 3.24 Å². The van der Waals surface area contributed by atoms with Gasteiger partial charge in [0.05, 0.1) is 0 Å². The molecular formula is C13H17BrFN. The van der Waals surface area contributed by atoms with E-state index in [0.29, 0.717) is 0 Å². The Kier molecular flexibility index (Phi) is 3.98. The summed E-state index contributed by atoms with van der Waals surface area (Å²) in [6, 6.07) is 3.53. The van der Waals surface area contributed by atoms with E-state index in [1.165, 1.54) is 19.3 Å². The van der Waals surface area contributed by atoms with Gasteiger partial charge in [0.15, 0.2) is 0 Å². The minimum absolute atomic E-state index is 0.0944. The number of benzene rings is 1. The van der Waals surface area contributed by atoms with Gasteiger partial charge in [-0.2, -0.15) is 0 Å². The van der Waals surface area contributed by atoms with Crippen LogP contribution in [0.4, 0.5) is 4.39 Å². The quantitative estimate of drug-likeness (QED) is 0.797. The Morgan fingerprint density at radius 1 is 1.25 bits per heavy atom. The van der Waals surface area contributed by atoms with Crippen molar-refractivity contribution in [1.82, 2.24) is 4.90 Å². The van der Waals surface area contributed by atoms with Crippen LogP contribution >= 0.6 is 15.9 Å². The summed E-state index contributed by atoms with van der Waals surface area (Å²) in [6.45, 7) is 4.96. The number of hydrogen-bond donors (Lipinski definition) is 0. The van der Waals surface area contributed by atoms with Crippen molar-refractivity contribution < 1.29 is 4.39 Å². The van der Waals surface area contributed by atoms with Gasteiger partial charge < -0.3 is 0 Å². The second-order valence-corrected chi connectivity index (χ2v) is 5.38. The maximum Gasteiger partial charge on any atom is 0.128 e. The van der Waals surface area contributed by atoms with Crippen molar-refractivity contribution in [1.29, 1.82) is 0 Å². The third-order valence-electron chi connectivity index (χ3n) is 3.17. The SMILES string of the molecule is Cc1cc(CN2CCCCC2)c(F)cc1Br. The van der Waals surface area contributed by atoms with Gasteiger partial charge in [-0.3, -0.25) is 4.90 Å². The fourth-order valence-electron chi connectivity index (χ4n) is 2.20. The third kappa shape index (κ3) is 2.83. The smallest absolute Gasteiger partial charge is 0.128 e. The Labute approximate surface area is 105 Å². The van der Waals surface area contributed by atoms with Crippen LogP contribution in [0.25, 0.3) is 0 Å².